The van der Waals surface area contributed by atoms with Gasteiger partial charge in [0, 0.05) is 18.2 Å². The predicted molar refractivity (Wildman–Crippen MR) is 86.6 cm³/mol. The number of hydrogen-bond acceptors (Lipinski definition) is 6. The van der Waals surface area contributed by atoms with Crippen LogP contribution in [0.3, 0.4) is 0 Å². The van der Waals surface area contributed by atoms with Crippen LogP contribution in [0.15, 0.2) is 28.6 Å². The summed E-state index contributed by atoms with van der Waals surface area (Å²) in [5, 5.41) is 13.9. The van der Waals surface area contributed by atoms with E-state index in [1.165, 1.54) is 21.9 Å². The molecule has 3 atom stereocenters. The van der Waals surface area contributed by atoms with Gasteiger partial charge >= 0.3 is 5.69 Å². The standard InChI is InChI=1S/C13H13BrClN5O3/c14-2-1-8-5-19(11-3-9(21)10(4-15)23-11)13(22)18-12(8)20-7-16-6-17-20/h1-2,5-7,9-11,21H,3-4H2/t9-,10+,11+/m0/s1. The molecule has 10 heteroatoms. The molecule has 3 heterocycles. The first-order valence-corrected chi connectivity index (χ1v) is 8.23. The van der Waals surface area contributed by atoms with E-state index in [-0.39, 0.29) is 12.3 Å². The Hall–Kier alpha value is -1.55. The summed E-state index contributed by atoms with van der Waals surface area (Å²) < 4.78 is 8.37. The van der Waals surface area contributed by atoms with E-state index in [0.717, 1.165) is 0 Å². The van der Waals surface area contributed by atoms with Gasteiger partial charge < -0.3 is 9.84 Å². The fourth-order valence-electron chi connectivity index (χ4n) is 2.39. The Bertz CT molecular complexity index is 763. The molecule has 1 N–H and O–H groups in total. The van der Waals surface area contributed by atoms with Gasteiger partial charge in [-0.3, -0.25) is 4.57 Å². The number of aromatic nitrogens is 5. The second-order valence-corrected chi connectivity index (χ2v) is 5.77. The average Bonchev–Trinajstić information content (AvgIpc) is 3.18. The quantitative estimate of drug-likeness (QED) is 0.769. The summed E-state index contributed by atoms with van der Waals surface area (Å²) >= 11 is 8.96. The van der Waals surface area contributed by atoms with Crippen LogP contribution in [0.1, 0.15) is 18.2 Å². The summed E-state index contributed by atoms with van der Waals surface area (Å²) in [6.45, 7) is 0. The van der Waals surface area contributed by atoms with Gasteiger partial charge in [0.05, 0.1) is 18.1 Å². The van der Waals surface area contributed by atoms with Crippen molar-refractivity contribution in [3.63, 3.8) is 0 Å². The molecule has 1 aliphatic rings. The summed E-state index contributed by atoms with van der Waals surface area (Å²) in [5.41, 5.74) is 0.133. The molecule has 0 amide bonds. The summed E-state index contributed by atoms with van der Waals surface area (Å²) in [6, 6.07) is 0. The van der Waals surface area contributed by atoms with E-state index in [9.17, 15) is 9.90 Å². The third-order valence-corrected chi connectivity index (χ3v) is 4.07. The molecule has 0 aromatic carbocycles. The molecule has 2 aromatic rings. The highest BCUT2D eigenvalue weighted by Crippen LogP contribution is 2.28. The number of aliphatic hydroxyl groups is 1. The van der Waals surface area contributed by atoms with E-state index in [1.807, 2.05) is 0 Å². The Morgan fingerprint density at radius 3 is 3.00 bits per heavy atom. The van der Waals surface area contributed by atoms with Crippen LogP contribution in [0.25, 0.3) is 11.9 Å². The van der Waals surface area contributed by atoms with Gasteiger partial charge in [0.25, 0.3) is 0 Å². The van der Waals surface area contributed by atoms with Crippen LogP contribution < -0.4 is 5.69 Å². The van der Waals surface area contributed by atoms with Crippen molar-refractivity contribution in [1.82, 2.24) is 24.3 Å². The minimum absolute atomic E-state index is 0.158. The van der Waals surface area contributed by atoms with Gasteiger partial charge in [0.2, 0.25) is 0 Å². The monoisotopic (exact) mass is 401 g/mol. The molecule has 0 radical (unpaired) electrons. The number of nitrogens with zero attached hydrogens (tertiary/aromatic N) is 5. The van der Waals surface area contributed by atoms with Gasteiger partial charge in [0.15, 0.2) is 5.82 Å². The number of hydrogen-bond donors (Lipinski definition) is 1. The zero-order chi connectivity index (χ0) is 16.4. The van der Waals surface area contributed by atoms with Crippen molar-refractivity contribution in [3.8, 4) is 5.82 Å². The number of rotatable bonds is 4. The molecule has 8 nitrogen and oxygen atoms in total. The summed E-state index contributed by atoms with van der Waals surface area (Å²) in [5.74, 6) is 0.511. The van der Waals surface area contributed by atoms with Gasteiger partial charge in [-0.15, -0.1) is 11.6 Å². The highest BCUT2D eigenvalue weighted by atomic mass is 79.9. The number of halogens is 2. The van der Waals surface area contributed by atoms with Crippen molar-refractivity contribution in [1.29, 1.82) is 0 Å². The van der Waals surface area contributed by atoms with Crippen LogP contribution in [-0.4, -0.2) is 47.5 Å². The molecule has 0 unspecified atom stereocenters. The van der Waals surface area contributed by atoms with Crippen LogP contribution in [0.4, 0.5) is 0 Å². The van der Waals surface area contributed by atoms with E-state index in [1.54, 1.807) is 17.3 Å². The molecule has 0 spiro atoms. The molecule has 1 saturated heterocycles. The molecular weight excluding hydrogens is 390 g/mol. The van der Waals surface area contributed by atoms with Crippen LogP contribution in [0.5, 0.6) is 0 Å². The molecule has 0 bridgehead atoms. The smallest absolute Gasteiger partial charge is 0.351 e. The molecule has 0 saturated carbocycles. The van der Waals surface area contributed by atoms with E-state index < -0.39 is 24.1 Å². The lowest BCUT2D eigenvalue weighted by atomic mass is 10.2. The maximum Gasteiger partial charge on any atom is 0.351 e. The zero-order valence-corrected chi connectivity index (χ0v) is 14.1. The molecule has 23 heavy (non-hydrogen) atoms. The van der Waals surface area contributed by atoms with Gasteiger partial charge in [0.1, 0.15) is 18.9 Å². The van der Waals surface area contributed by atoms with Crippen LogP contribution >= 0.6 is 27.5 Å². The van der Waals surface area contributed by atoms with Gasteiger partial charge in [-0.05, 0) is 11.1 Å². The van der Waals surface area contributed by atoms with E-state index in [0.29, 0.717) is 11.4 Å². The Kier molecular flexibility index (Phi) is 4.90. The van der Waals surface area contributed by atoms with E-state index in [4.69, 9.17) is 16.3 Å². The second kappa shape index (κ2) is 6.91. The molecule has 3 rings (SSSR count). The lowest BCUT2D eigenvalue weighted by Gasteiger charge is -2.16. The Labute approximate surface area is 144 Å². The van der Waals surface area contributed by atoms with Crippen molar-refractivity contribution < 1.29 is 9.84 Å². The minimum Gasteiger partial charge on any atom is -0.390 e. The van der Waals surface area contributed by atoms with Crippen molar-refractivity contribution in [2.75, 3.05) is 5.88 Å². The lowest BCUT2D eigenvalue weighted by molar-refractivity contribution is -0.00822. The fraction of sp³-hybridized carbons (Fsp3) is 0.385. The first kappa shape index (κ1) is 16.3. The first-order chi connectivity index (χ1) is 11.1. The van der Waals surface area contributed by atoms with Crippen LogP contribution in [-0.2, 0) is 4.74 Å². The van der Waals surface area contributed by atoms with Crippen molar-refractivity contribution in [3.05, 3.63) is 39.9 Å². The van der Waals surface area contributed by atoms with Crippen molar-refractivity contribution in [2.45, 2.75) is 24.9 Å². The van der Waals surface area contributed by atoms with Gasteiger partial charge in [-0.25, -0.2) is 14.5 Å². The second-order valence-electron chi connectivity index (χ2n) is 4.93. The molecule has 1 aliphatic heterocycles. The normalized spacial score (nSPS) is 24.6. The maximum absolute atomic E-state index is 12.3. The number of ether oxygens (including phenoxy) is 1. The largest absolute Gasteiger partial charge is 0.390 e. The van der Waals surface area contributed by atoms with Crippen molar-refractivity contribution >= 4 is 33.6 Å². The van der Waals surface area contributed by atoms with Crippen molar-refractivity contribution in [2.24, 2.45) is 0 Å². The highest BCUT2D eigenvalue weighted by molar-refractivity contribution is 9.11. The summed E-state index contributed by atoms with van der Waals surface area (Å²) in [4.78, 5) is 21.9. The van der Waals surface area contributed by atoms with Gasteiger partial charge in [-0.2, -0.15) is 10.1 Å². The third kappa shape index (κ3) is 3.23. The highest BCUT2D eigenvalue weighted by Gasteiger charge is 2.35. The Balaban J connectivity index is 2.03. The minimum atomic E-state index is -0.713. The van der Waals surface area contributed by atoms with Gasteiger partial charge in [-0.1, -0.05) is 15.9 Å². The van der Waals surface area contributed by atoms with Crippen LogP contribution in [0.2, 0.25) is 0 Å². The molecule has 2 aromatic heterocycles. The van der Waals surface area contributed by atoms with E-state index >= 15 is 0 Å². The number of aliphatic hydroxyl groups excluding tert-OH is 1. The zero-order valence-electron chi connectivity index (χ0n) is 11.8. The third-order valence-electron chi connectivity index (χ3n) is 3.50. The predicted octanol–water partition coefficient (Wildman–Crippen LogP) is 1.08. The molecule has 122 valence electrons. The van der Waals surface area contributed by atoms with E-state index in [2.05, 4.69) is 31.0 Å². The number of alkyl halides is 1. The topological polar surface area (TPSA) is 95.1 Å². The maximum atomic E-state index is 12.3. The summed E-state index contributed by atoms with van der Waals surface area (Å²) in [7, 11) is 0. The molecular formula is C13H13BrClN5O3. The average molecular weight is 403 g/mol. The molecule has 0 aliphatic carbocycles. The summed E-state index contributed by atoms with van der Waals surface area (Å²) in [6.07, 6.45) is 4.60. The molecule has 1 fully saturated rings. The van der Waals surface area contributed by atoms with Crippen LogP contribution in [0, 0.1) is 0 Å². The Morgan fingerprint density at radius 1 is 1.57 bits per heavy atom. The lowest BCUT2D eigenvalue weighted by Crippen LogP contribution is -2.29. The first-order valence-electron chi connectivity index (χ1n) is 6.78. The Morgan fingerprint density at radius 2 is 2.39 bits per heavy atom. The SMILES string of the molecule is O=c1nc(-n2cncn2)c(C=CBr)cn1[C@H]1C[C@H](O)[C@@H](CCl)O1. The fourth-order valence-corrected chi connectivity index (χ4v) is 2.96.